The van der Waals surface area contributed by atoms with Crippen LogP contribution in [-0.2, 0) is 19.1 Å². The Hall–Kier alpha value is -1.36. The van der Waals surface area contributed by atoms with Crippen molar-refractivity contribution >= 4 is 11.9 Å². The summed E-state index contributed by atoms with van der Waals surface area (Å²) < 4.78 is 9.66. The quantitative estimate of drug-likeness (QED) is 0.397. The van der Waals surface area contributed by atoms with Crippen LogP contribution in [0.5, 0.6) is 0 Å². The second-order valence-corrected chi connectivity index (χ2v) is 3.52. The van der Waals surface area contributed by atoms with Gasteiger partial charge in [0.25, 0.3) is 0 Å². The van der Waals surface area contributed by atoms with Crippen molar-refractivity contribution in [1.82, 2.24) is 4.90 Å². The summed E-state index contributed by atoms with van der Waals surface area (Å²) in [7, 11) is 1.64. The summed E-state index contributed by atoms with van der Waals surface area (Å²) in [5, 5.41) is 0. The number of nitrogens with zero attached hydrogens (tertiary/aromatic N) is 1. The van der Waals surface area contributed by atoms with Crippen LogP contribution in [0.25, 0.3) is 0 Å². The topological polar surface area (TPSA) is 55.8 Å². The van der Waals surface area contributed by atoms with E-state index in [9.17, 15) is 9.59 Å². The summed E-state index contributed by atoms with van der Waals surface area (Å²) >= 11 is 0. The Morgan fingerprint density at radius 2 is 2.25 bits per heavy atom. The lowest BCUT2D eigenvalue weighted by Crippen LogP contribution is -2.40. The summed E-state index contributed by atoms with van der Waals surface area (Å²) in [5.74, 6) is -1.33. The fraction of sp³-hybridized carbons (Fsp3) is 0.636. The zero-order valence-electron chi connectivity index (χ0n) is 9.69. The van der Waals surface area contributed by atoms with Crippen LogP contribution < -0.4 is 0 Å². The van der Waals surface area contributed by atoms with Gasteiger partial charge in [0.15, 0.2) is 0 Å². The fourth-order valence-corrected chi connectivity index (χ4v) is 1.53. The lowest BCUT2D eigenvalue weighted by atomic mass is 10.1. The highest BCUT2D eigenvalue weighted by molar-refractivity contribution is 6.32. The zero-order valence-corrected chi connectivity index (χ0v) is 9.69. The standard InChI is InChI=1S/C11H17NO4/c1-3-16-11(14)10(13)12-6-4-9(5-7-12)8-15-2/h4H,3,5-8H2,1-2H3. The predicted octanol–water partition coefficient (Wildman–Crippen LogP) is 0.355. The van der Waals surface area contributed by atoms with Gasteiger partial charge in [-0.3, -0.25) is 4.79 Å². The Balaban J connectivity index is 2.47. The van der Waals surface area contributed by atoms with Gasteiger partial charge in [0, 0.05) is 20.2 Å². The molecule has 0 radical (unpaired) electrons. The van der Waals surface area contributed by atoms with Crippen LogP contribution in [0.2, 0.25) is 0 Å². The number of hydrogen-bond acceptors (Lipinski definition) is 4. The molecule has 0 aromatic heterocycles. The minimum atomic E-state index is -0.772. The van der Waals surface area contributed by atoms with E-state index in [4.69, 9.17) is 4.74 Å². The number of carbonyl (C=O) groups excluding carboxylic acids is 2. The molecule has 5 nitrogen and oxygen atoms in total. The molecule has 90 valence electrons. The second kappa shape index (κ2) is 6.27. The second-order valence-electron chi connectivity index (χ2n) is 3.52. The van der Waals surface area contributed by atoms with Crippen molar-refractivity contribution in [1.29, 1.82) is 0 Å². The van der Waals surface area contributed by atoms with Crippen molar-refractivity contribution in [3.63, 3.8) is 0 Å². The van der Waals surface area contributed by atoms with Crippen molar-refractivity contribution in [3.8, 4) is 0 Å². The van der Waals surface area contributed by atoms with Gasteiger partial charge < -0.3 is 14.4 Å². The maximum absolute atomic E-state index is 11.5. The monoisotopic (exact) mass is 227 g/mol. The molecule has 0 atom stereocenters. The van der Waals surface area contributed by atoms with E-state index in [0.29, 0.717) is 19.7 Å². The molecule has 0 spiro atoms. The van der Waals surface area contributed by atoms with E-state index in [1.165, 1.54) is 4.90 Å². The van der Waals surface area contributed by atoms with Crippen LogP contribution in [0, 0.1) is 0 Å². The molecule has 0 aromatic carbocycles. The van der Waals surface area contributed by atoms with Gasteiger partial charge in [-0.1, -0.05) is 6.08 Å². The predicted molar refractivity (Wildman–Crippen MR) is 57.8 cm³/mol. The lowest BCUT2D eigenvalue weighted by molar-refractivity contribution is -0.159. The Labute approximate surface area is 95.0 Å². The molecule has 1 aliphatic rings. The number of hydrogen-bond donors (Lipinski definition) is 0. The normalized spacial score (nSPS) is 15.6. The molecule has 1 amide bonds. The third-order valence-corrected chi connectivity index (χ3v) is 2.37. The molecule has 16 heavy (non-hydrogen) atoms. The Kier molecular flexibility index (Phi) is 4.98. The van der Waals surface area contributed by atoms with Gasteiger partial charge in [-0.2, -0.15) is 0 Å². The molecule has 0 N–H and O–H groups in total. The van der Waals surface area contributed by atoms with Crippen LogP contribution in [0.1, 0.15) is 13.3 Å². The van der Waals surface area contributed by atoms with Gasteiger partial charge in [-0.15, -0.1) is 0 Å². The summed E-state index contributed by atoms with van der Waals surface area (Å²) in [6.45, 7) is 3.49. The van der Waals surface area contributed by atoms with Gasteiger partial charge >= 0.3 is 11.9 Å². The number of esters is 1. The molecule has 0 fully saturated rings. The summed E-state index contributed by atoms with van der Waals surface area (Å²) in [6, 6.07) is 0. The van der Waals surface area contributed by atoms with E-state index in [1.54, 1.807) is 14.0 Å². The average molecular weight is 227 g/mol. The Bertz CT molecular complexity index is 298. The van der Waals surface area contributed by atoms with Crippen LogP contribution in [0.3, 0.4) is 0 Å². The maximum Gasteiger partial charge on any atom is 0.397 e. The Morgan fingerprint density at radius 1 is 1.50 bits per heavy atom. The zero-order chi connectivity index (χ0) is 12.0. The number of ether oxygens (including phenoxy) is 2. The number of carbonyl (C=O) groups is 2. The van der Waals surface area contributed by atoms with Crippen LogP contribution in [0.4, 0.5) is 0 Å². The van der Waals surface area contributed by atoms with Crippen molar-refractivity contribution < 1.29 is 19.1 Å². The van der Waals surface area contributed by atoms with Gasteiger partial charge in [0.2, 0.25) is 0 Å². The van der Waals surface area contributed by atoms with Crippen molar-refractivity contribution in [3.05, 3.63) is 11.6 Å². The molecular formula is C11H17NO4. The van der Waals surface area contributed by atoms with Crippen LogP contribution >= 0.6 is 0 Å². The van der Waals surface area contributed by atoms with E-state index in [2.05, 4.69) is 4.74 Å². The van der Waals surface area contributed by atoms with Crippen LogP contribution in [0.15, 0.2) is 11.6 Å². The minimum absolute atomic E-state index is 0.225. The average Bonchev–Trinajstić information content (AvgIpc) is 2.30. The third-order valence-electron chi connectivity index (χ3n) is 2.37. The SMILES string of the molecule is CCOC(=O)C(=O)N1CC=C(COC)CC1. The van der Waals surface area contributed by atoms with E-state index in [1.807, 2.05) is 6.08 Å². The lowest BCUT2D eigenvalue weighted by Gasteiger charge is -2.25. The third kappa shape index (κ3) is 3.34. The van der Waals surface area contributed by atoms with E-state index < -0.39 is 11.9 Å². The molecule has 1 rings (SSSR count). The van der Waals surface area contributed by atoms with Gasteiger partial charge in [-0.25, -0.2) is 4.79 Å². The highest BCUT2D eigenvalue weighted by Crippen LogP contribution is 2.11. The maximum atomic E-state index is 11.5. The van der Waals surface area contributed by atoms with Gasteiger partial charge in [0.05, 0.1) is 13.2 Å². The molecule has 0 unspecified atom stereocenters. The summed E-state index contributed by atoms with van der Waals surface area (Å²) in [4.78, 5) is 24.2. The summed E-state index contributed by atoms with van der Waals surface area (Å²) in [5.41, 5.74) is 1.16. The smallest absolute Gasteiger partial charge is 0.397 e. The molecule has 5 heteroatoms. The highest BCUT2D eigenvalue weighted by atomic mass is 16.5. The first kappa shape index (κ1) is 12.7. The van der Waals surface area contributed by atoms with Gasteiger partial charge in [0.1, 0.15) is 0 Å². The van der Waals surface area contributed by atoms with E-state index in [0.717, 1.165) is 12.0 Å². The van der Waals surface area contributed by atoms with Gasteiger partial charge in [-0.05, 0) is 18.9 Å². The molecule has 0 saturated carbocycles. The molecular weight excluding hydrogens is 210 g/mol. The molecule has 0 bridgehead atoms. The first-order chi connectivity index (χ1) is 7.69. The van der Waals surface area contributed by atoms with E-state index >= 15 is 0 Å². The molecule has 1 heterocycles. The number of rotatable bonds is 3. The fourth-order valence-electron chi connectivity index (χ4n) is 1.53. The largest absolute Gasteiger partial charge is 0.459 e. The first-order valence-electron chi connectivity index (χ1n) is 5.32. The molecule has 1 aliphatic heterocycles. The van der Waals surface area contributed by atoms with Crippen molar-refractivity contribution in [2.24, 2.45) is 0 Å². The highest BCUT2D eigenvalue weighted by Gasteiger charge is 2.24. The number of amides is 1. The minimum Gasteiger partial charge on any atom is -0.459 e. The summed E-state index contributed by atoms with van der Waals surface area (Å²) in [6.07, 6.45) is 2.67. The Morgan fingerprint density at radius 3 is 2.75 bits per heavy atom. The molecule has 0 aliphatic carbocycles. The molecule has 0 saturated heterocycles. The van der Waals surface area contributed by atoms with Crippen molar-refractivity contribution in [2.75, 3.05) is 33.4 Å². The van der Waals surface area contributed by atoms with Crippen molar-refractivity contribution in [2.45, 2.75) is 13.3 Å². The molecule has 0 aromatic rings. The number of methoxy groups -OCH3 is 1. The van der Waals surface area contributed by atoms with E-state index in [-0.39, 0.29) is 6.61 Å². The van der Waals surface area contributed by atoms with Crippen LogP contribution in [-0.4, -0.2) is 50.2 Å². The first-order valence-corrected chi connectivity index (χ1v) is 5.32.